The van der Waals surface area contributed by atoms with Crippen molar-refractivity contribution in [3.63, 3.8) is 0 Å². The van der Waals surface area contributed by atoms with Crippen LogP contribution in [0.5, 0.6) is 5.75 Å². The molecule has 0 radical (unpaired) electrons. The van der Waals surface area contributed by atoms with E-state index in [9.17, 15) is 9.59 Å². The molecule has 3 amide bonds. The van der Waals surface area contributed by atoms with Crippen molar-refractivity contribution in [2.24, 2.45) is 0 Å². The predicted molar refractivity (Wildman–Crippen MR) is 108 cm³/mol. The first-order chi connectivity index (χ1) is 13.5. The summed E-state index contributed by atoms with van der Waals surface area (Å²) in [6, 6.07) is 13.7. The maximum Gasteiger partial charge on any atom is 0.319 e. The Labute approximate surface area is 164 Å². The number of hydrogen-bond acceptors (Lipinski definition) is 3. The van der Waals surface area contributed by atoms with Gasteiger partial charge in [0.2, 0.25) is 0 Å². The Balaban J connectivity index is 1.89. The summed E-state index contributed by atoms with van der Waals surface area (Å²) in [5.74, 6) is 2.75. The van der Waals surface area contributed by atoms with E-state index in [1.807, 2.05) is 31.2 Å². The first-order valence-corrected chi connectivity index (χ1v) is 8.81. The van der Waals surface area contributed by atoms with E-state index in [0.29, 0.717) is 17.0 Å². The molecule has 0 saturated carbocycles. The largest absolute Gasteiger partial charge is 0.481 e. The van der Waals surface area contributed by atoms with Crippen LogP contribution in [0.4, 0.5) is 10.5 Å². The van der Waals surface area contributed by atoms with Gasteiger partial charge in [0, 0.05) is 11.4 Å². The van der Waals surface area contributed by atoms with Crippen LogP contribution in [0.1, 0.15) is 24.1 Å². The highest BCUT2D eigenvalue weighted by Crippen LogP contribution is 2.29. The monoisotopic (exact) mass is 375 g/mol. The fourth-order valence-corrected chi connectivity index (χ4v) is 3.03. The van der Waals surface area contributed by atoms with Crippen molar-refractivity contribution in [3.8, 4) is 18.1 Å². The number of terminal acetylenes is 1. The van der Waals surface area contributed by atoms with Gasteiger partial charge in [0.25, 0.3) is 5.91 Å². The van der Waals surface area contributed by atoms with Crippen molar-refractivity contribution in [2.75, 3.05) is 11.9 Å². The number of amides is 3. The summed E-state index contributed by atoms with van der Waals surface area (Å²) in [5, 5.41) is 8.42. The molecule has 142 valence electrons. The molecule has 0 aliphatic carbocycles. The number of aryl methyl sites for hydroxylation is 1. The first kappa shape index (κ1) is 19.1. The minimum absolute atomic E-state index is 0.173. The Hall–Kier alpha value is -3.72. The van der Waals surface area contributed by atoms with Crippen molar-refractivity contribution < 1.29 is 14.3 Å². The van der Waals surface area contributed by atoms with Crippen molar-refractivity contribution in [2.45, 2.75) is 19.9 Å². The number of carbonyl (C=O) groups is 2. The summed E-state index contributed by atoms with van der Waals surface area (Å²) in [4.78, 5) is 25.0. The van der Waals surface area contributed by atoms with Gasteiger partial charge in [0.1, 0.15) is 12.4 Å². The molecule has 0 fully saturated rings. The number of rotatable bonds is 5. The van der Waals surface area contributed by atoms with Crippen LogP contribution in [0.25, 0.3) is 0 Å². The minimum Gasteiger partial charge on any atom is -0.481 e. The van der Waals surface area contributed by atoms with Crippen LogP contribution in [-0.2, 0) is 4.79 Å². The lowest BCUT2D eigenvalue weighted by Gasteiger charge is -2.29. The van der Waals surface area contributed by atoms with E-state index in [1.165, 1.54) is 0 Å². The quantitative estimate of drug-likeness (QED) is 0.702. The number of allylic oxidation sites excluding steroid dienone is 1. The third-order valence-electron chi connectivity index (χ3n) is 4.44. The normalized spacial score (nSPS) is 15.9. The second kappa shape index (κ2) is 8.31. The Bertz CT molecular complexity index is 971. The Kier molecular flexibility index (Phi) is 5.66. The topological polar surface area (TPSA) is 79.5 Å². The summed E-state index contributed by atoms with van der Waals surface area (Å²) in [6.45, 7) is 3.81. The van der Waals surface area contributed by atoms with E-state index in [2.05, 4.69) is 21.9 Å². The molecule has 1 aliphatic rings. The van der Waals surface area contributed by atoms with E-state index in [1.54, 1.807) is 31.2 Å². The molecule has 1 atom stereocenters. The second-order valence-electron chi connectivity index (χ2n) is 6.40. The number of ether oxygens (including phenoxy) is 1. The Morgan fingerprint density at radius 1 is 1.18 bits per heavy atom. The number of anilines is 1. The molecular weight excluding hydrogens is 354 g/mol. The maximum absolute atomic E-state index is 13.0. The molecule has 0 aromatic heterocycles. The van der Waals surface area contributed by atoms with Gasteiger partial charge < -0.3 is 20.7 Å². The van der Waals surface area contributed by atoms with E-state index in [-0.39, 0.29) is 18.5 Å². The number of carbonyl (C=O) groups excluding carboxylic acids is 2. The summed E-state index contributed by atoms with van der Waals surface area (Å²) in [6.07, 6.45) is 5.20. The zero-order chi connectivity index (χ0) is 20.1. The Morgan fingerprint density at radius 3 is 2.57 bits per heavy atom. The molecular formula is C22H21N3O3. The summed E-state index contributed by atoms with van der Waals surface area (Å²) in [7, 11) is 0. The van der Waals surface area contributed by atoms with E-state index in [4.69, 9.17) is 11.2 Å². The third-order valence-corrected chi connectivity index (χ3v) is 4.44. The van der Waals surface area contributed by atoms with E-state index < -0.39 is 6.04 Å². The van der Waals surface area contributed by atoms with Crippen molar-refractivity contribution in [1.82, 2.24) is 10.6 Å². The predicted octanol–water partition coefficient (Wildman–Crippen LogP) is 3.27. The van der Waals surface area contributed by atoms with Gasteiger partial charge in [-0.25, -0.2) is 4.79 Å². The van der Waals surface area contributed by atoms with Crippen LogP contribution < -0.4 is 20.7 Å². The lowest BCUT2D eigenvalue weighted by molar-refractivity contribution is -0.113. The van der Waals surface area contributed by atoms with Gasteiger partial charge in [-0.05, 0) is 43.2 Å². The van der Waals surface area contributed by atoms with Crippen LogP contribution >= 0.6 is 0 Å². The lowest BCUT2D eigenvalue weighted by Crippen LogP contribution is -2.46. The molecule has 1 heterocycles. The molecule has 1 aliphatic heterocycles. The van der Waals surface area contributed by atoms with Gasteiger partial charge in [-0.15, -0.1) is 6.42 Å². The minimum atomic E-state index is -0.584. The summed E-state index contributed by atoms with van der Waals surface area (Å²) in [5.41, 5.74) is 3.39. The number of hydrogen-bond donors (Lipinski definition) is 3. The van der Waals surface area contributed by atoms with Gasteiger partial charge >= 0.3 is 6.03 Å². The van der Waals surface area contributed by atoms with Crippen molar-refractivity contribution >= 4 is 17.6 Å². The molecule has 0 spiro atoms. The third kappa shape index (κ3) is 4.15. The number of nitrogens with one attached hydrogen (secondary N) is 3. The molecule has 6 heteroatoms. The highest BCUT2D eigenvalue weighted by atomic mass is 16.5. The molecule has 6 nitrogen and oxygen atoms in total. The van der Waals surface area contributed by atoms with Crippen LogP contribution in [0.15, 0.2) is 59.8 Å². The molecule has 2 aromatic carbocycles. The molecule has 0 unspecified atom stereocenters. The smallest absolute Gasteiger partial charge is 0.319 e. The van der Waals surface area contributed by atoms with Gasteiger partial charge in [0.15, 0.2) is 0 Å². The molecule has 0 saturated heterocycles. The van der Waals surface area contributed by atoms with Crippen LogP contribution in [0.3, 0.4) is 0 Å². The SMILES string of the molecule is C#CCOc1ccc([C@@H]2NC(=O)NC(C)=C2C(=O)Nc2ccccc2C)cc1. The first-order valence-electron chi connectivity index (χ1n) is 8.81. The average Bonchev–Trinajstić information content (AvgIpc) is 2.68. The Morgan fingerprint density at radius 2 is 1.89 bits per heavy atom. The number of para-hydroxylation sites is 1. The average molecular weight is 375 g/mol. The van der Waals surface area contributed by atoms with Crippen molar-refractivity contribution in [1.29, 1.82) is 0 Å². The van der Waals surface area contributed by atoms with Crippen LogP contribution in [0.2, 0.25) is 0 Å². The standard InChI is InChI=1S/C22H21N3O3/c1-4-13-28-17-11-9-16(10-12-17)20-19(15(3)23-22(27)25-20)21(26)24-18-8-6-5-7-14(18)2/h1,5-12,20H,13H2,2-3H3,(H,24,26)(H2,23,25,27)/t20-/m0/s1. The maximum atomic E-state index is 13.0. The fourth-order valence-electron chi connectivity index (χ4n) is 3.03. The lowest BCUT2D eigenvalue weighted by atomic mass is 9.94. The second-order valence-corrected chi connectivity index (χ2v) is 6.40. The summed E-state index contributed by atoms with van der Waals surface area (Å²) >= 11 is 0. The number of urea groups is 1. The fraction of sp³-hybridized carbons (Fsp3) is 0.182. The van der Waals surface area contributed by atoms with Crippen LogP contribution in [-0.4, -0.2) is 18.5 Å². The zero-order valence-electron chi connectivity index (χ0n) is 15.7. The van der Waals surface area contributed by atoms with E-state index in [0.717, 1.165) is 16.8 Å². The molecule has 28 heavy (non-hydrogen) atoms. The highest BCUT2D eigenvalue weighted by Gasteiger charge is 2.31. The molecule has 2 aromatic rings. The van der Waals surface area contributed by atoms with Crippen LogP contribution in [0, 0.1) is 19.3 Å². The van der Waals surface area contributed by atoms with Crippen molar-refractivity contribution in [3.05, 3.63) is 70.9 Å². The van der Waals surface area contributed by atoms with Gasteiger partial charge in [0.05, 0.1) is 11.6 Å². The molecule has 3 N–H and O–H groups in total. The van der Waals surface area contributed by atoms with Gasteiger partial charge in [-0.1, -0.05) is 36.3 Å². The van der Waals surface area contributed by atoms with Gasteiger partial charge in [-0.2, -0.15) is 0 Å². The zero-order valence-corrected chi connectivity index (χ0v) is 15.7. The van der Waals surface area contributed by atoms with Gasteiger partial charge in [-0.3, -0.25) is 4.79 Å². The van der Waals surface area contributed by atoms with E-state index >= 15 is 0 Å². The molecule has 3 rings (SSSR count). The number of benzene rings is 2. The molecule has 0 bridgehead atoms. The summed E-state index contributed by atoms with van der Waals surface area (Å²) < 4.78 is 5.38. The highest BCUT2D eigenvalue weighted by molar-refractivity contribution is 6.07.